The second kappa shape index (κ2) is 7.14. The highest BCUT2D eigenvalue weighted by Crippen LogP contribution is 2.02. The molecule has 0 aromatic rings. The Morgan fingerprint density at radius 2 is 2.33 bits per heavy atom. The third-order valence-corrected chi connectivity index (χ3v) is 1.90. The third kappa shape index (κ3) is 6.82. The zero-order valence-electron chi connectivity index (χ0n) is 8.99. The van der Waals surface area contributed by atoms with Crippen molar-refractivity contribution in [1.82, 2.24) is 5.32 Å². The van der Waals surface area contributed by atoms with Crippen molar-refractivity contribution in [2.75, 3.05) is 13.1 Å². The SMILES string of the molecule is C[C@@](N)(/C=C/CCCNCC=N)C(=O)O. The van der Waals surface area contributed by atoms with E-state index in [1.165, 1.54) is 19.2 Å². The van der Waals surface area contributed by atoms with Crippen molar-refractivity contribution in [2.45, 2.75) is 25.3 Å². The molecule has 0 saturated carbocycles. The summed E-state index contributed by atoms with van der Waals surface area (Å²) in [7, 11) is 0. The van der Waals surface area contributed by atoms with Crippen molar-refractivity contribution < 1.29 is 9.90 Å². The summed E-state index contributed by atoms with van der Waals surface area (Å²) in [5, 5.41) is 18.5. The first-order chi connectivity index (χ1) is 7.00. The van der Waals surface area contributed by atoms with Gasteiger partial charge in [0.05, 0.1) is 0 Å². The maximum Gasteiger partial charge on any atom is 0.327 e. The summed E-state index contributed by atoms with van der Waals surface area (Å²) in [6.45, 7) is 2.85. The molecular formula is C10H19N3O2. The van der Waals surface area contributed by atoms with E-state index in [0.717, 1.165) is 19.4 Å². The van der Waals surface area contributed by atoms with Gasteiger partial charge in [-0.05, 0) is 26.3 Å². The number of carboxylic acid groups (broad SMARTS) is 1. The molecule has 5 N–H and O–H groups in total. The maximum atomic E-state index is 10.6. The molecular weight excluding hydrogens is 194 g/mol. The van der Waals surface area contributed by atoms with E-state index < -0.39 is 11.5 Å². The lowest BCUT2D eigenvalue weighted by molar-refractivity contribution is -0.140. The van der Waals surface area contributed by atoms with Crippen LogP contribution >= 0.6 is 0 Å². The number of carboxylic acids is 1. The number of carbonyl (C=O) groups is 1. The summed E-state index contributed by atoms with van der Waals surface area (Å²) in [5.41, 5.74) is 4.21. The average molecular weight is 213 g/mol. The highest BCUT2D eigenvalue weighted by molar-refractivity contribution is 5.80. The normalized spacial score (nSPS) is 15.1. The van der Waals surface area contributed by atoms with E-state index in [0.29, 0.717) is 6.54 Å². The quantitative estimate of drug-likeness (QED) is 0.266. The molecule has 0 heterocycles. The number of hydrogen-bond donors (Lipinski definition) is 4. The smallest absolute Gasteiger partial charge is 0.327 e. The first-order valence-electron chi connectivity index (χ1n) is 4.90. The minimum Gasteiger partial charge on any atom is -0.480 e. The summed E-state index contributed by atoms with van der Waals surface area (Å²) < 4.78 is 0. The van der Waals surface area contributed by atoms with Gasteiger partial charge in [0.1, 0.15) is 5.54 Å². The number of allylic oxidation sites excluding steroid dienone is 1. The molecule has 0 fully saturated rings. The molecule has 0 spiro atoms. The number of nitrogens with two attached hydrogens (primary N) is 1. The van der Waals surface area contributed by atoms with Crippen LogP contribution < -0.4 is 11.1 Å². The van der Waals surface area contributed by atoms with Gasteiger partial charge in [-0.15, -0.1) is 0 Å². The summed E-state index contributed by atoms with van der Waals surface area (Å²) in [4.78, 5) is 10.6. The van der Waals surface area contributed by atoms with Gasteiger partial charge in [-0.1, -0.05) is 12.2 Å². The first kappa shape index (κ1) is 13.8. The van der Waals surface area contributed by atoms with Crippen LogP contribution in [0.2, 0.25) is 0 Å². The second-order valence-corrected chi connectivity index (χ2v) is 3.54. The molecule has 0 aliphatic carbocycles. The van der Waals surface area contributed by atoms with Gasteiger partial charge >= 0.3 is 5.97 Å². The molecule has 1 atom stereocenters. The van der Waals surface area contributed by atoms with Crippen molar-refractivity contribution in [2.24, 2.45) is 5.73 Å². The highest BCUT2D eigenvalue weighted by Gasteiger charge is 2.23. The molecule has 5 nitrogen and oxygen atoms in total. The van der Waals surface area contributed by atoms with Crippen molar-refractivity contribution >= 4 is 12.2 Å². The van der Waals surface area contributed by atoms with Crippen LogP contribution in [0, 0.1) is 5.41 Å². The number of unbranched alkanes of at least 4 members (excludes halogenated alkanes) is 1. The van der Waals surface area contributed by atoms with Gasteiger partial charge in [-0.25, -0.2) is 4.79 Å². The van der Waals surface area contributed by atoms with E-state index in [-0.39, 0.29) is 0 Å². The predicted molar refractivity (Wildman–Crippen MR) is 60.3 cm³/mol. The van der Waals surface area contributed by atoms with Gasteiger partial charge < -0.3 is 21.6 Å². The summed E-state index contributed by atoms with van der Waals surface area (Å²) in [6.07, 6.45) is 6.27. The molecule has 5 heteroatoms. The first-order valence-corrected chi connectivity index (χ1v) is 4.90. The largest absolute Gasteiger partial charge is 0.480 e. The van der Waals surface area contributed by atoms with Gasteiger partial charge in [-0.2, -0.15) is 0 Å². The average Bonchev–Trinajstić information content (AvgIpc) is 2.16. The number of aliphatic carboxylic acids is 1. The Hall–Kier alpha value is -1.20. The molecule has 0 bridgehead atoms. The standard InChI is InChI=1S/C10H19N3O2/c1-10(12,9(14)15)5-3-2-4-7-13-8-6-11/h3,5-6,11,13H,2,4,7-8,12H2,1H3,(H,14,15)/b5-3+,11-6?/t10-/m1/s1. The van der Waals surface area contributed by atoms with Crippen LogP contribution in [-0.2, 0) is 4.79 Å². The Bertz CT molecular complexity index is 237. The van der Waals surface area contributed by atoms with Crippen LogP contribution in [0.3, 0.4) is 0 Å². The van der Waals surface area contributed by atoms with Crippen molar-refractivity contribution in [3.63, 3.8) is 0 Å². The molecule has 0 aromatic carbocycles. The van der Waals surface area contributed by atoms with Crippen LogP contribution in [0.4, 0.5) is 0 Å². The van der Waals surface area contributed by atoms with Crippen molar-refractivity contribution in [1.29, 1.82) is 5.41 Å². The van der Waals surface area contributed by atoms with E-state index in [1.807, 2.05) is 0 Å². The minimum atomic E-state index is -1.28. The van der Waals surface area contributed by atoms with Gasteiger partial charge in [0, 0.05) is 12.8 Å². The van der Waals surface area contributed by atoms with Crippen LogP contribution in [0.15, 0.2) is 12.2 Å². The molecule has 0 aromatic heterocycles. The maximum absolute atomic E-state index is 10.6. The highest BCUT2D eigenvalue weighted by atomic mass is 16.4. The molecule has 0 amide bonds. The Balaban J connectivity index is 3.62. The van der Waals surface area contributed by atoms with Gasteiger partial charge in [0.25, 0.3) is 0 Å². The zero-order chi connectivity index (χ0) is 11.7. The Morgan fingerprint density at radius 3 is 2.87 bits per heavy atom. The lowest BCUT2D eigenvalue weighted by atomic mass is 10.0. The summed E-state index contributed by atoms with van der Waals surface area (Å²) in [6, 6.07) is 0. The number of nitrogens with one attached hydrogen (secondary N) is 2. The molecule has 0 rings (SSSR count). The fourth-order valence-electron chi connectivity index (χ4n) is 0.919. The number of rotatable bonds is 8. The van der Waals surface area contributed by atoms with E-state index in [9.17, 15) is 4.79 Å². The Labute approximate surface area is 89.9 Å². The molecule has 15 heavy (non-hydrogen) atoms. The molecule has 86 valence electrons. The molecule has 0 saturated heterocycles. The van der Waals surface area contributed by atoms with Crippen molar-refractivity contribution in [3.8, 4) is 0 Å². The van der Waals surface area contributed by atoms with Gasteiger partial charge in [0.15, 0.2) is 0 Å². The second-order valence-electron chi connectivity index (χ2n) is 3.54. The fourth-order valence-corrected chi connectivity index (χ4v) is 0.919. The fraction of sp³-hybridized carbons (Fsp3) is 0.600. The third-order valence-electron chi connectivity index (χ3n) is 1.90. The van der Waals surface area contributed by atoms with Crippen molar-refractivity contribution in [3.05, 3.63) is 12.2 Å². The molecule has 0 radical (unpaired) electrons. The molecule has 0 unspecified atom stereocenters. The minimum absolute atomic E-state index is 0.577. The summed E-state index contributed by atoms with van der Waals surface area (Å²) >= 11 is 0. The van der Waals surface area contributed by atoms with Crippen LogP contribution in [-0.4, -0.2) is 35.9 Å². The Morgan fingerprint density at radius 1 is 1.67 bits per heavy atom. The van der Waals surface area contributed by atoms with E-state index >= 15 is 0 Å². The summed E-state index contributed by atoms with van der Waals surface area (Å²) in [5.74, 6) is -1.03. The Kier molecular flexibility index (Phi) is 6.57. The predicted octanol–water partition coefficient (Wildman–Crippen LogP) is 0.364. The molecule has 0 aliphatic rings. The lowest BCUT2D eigenvalue weighted by Crippen LogP contribution is -2.42. The zero-order valence-corrected chi connectivity index (χ0v) is 8.99. The van der Waals surface area contributed by atoms with Crippen LogP contribution in [0.1, 0.15) is 19.8 Å². The van der Waals surface area contributed by atoms with E-state index in [2.05, 4.69) is 5.32 Å². The van der Waals surface area contributed by atoms with Crippen LogP contribution in [0.5, 0.6) is 0 Å². The number of hydrogen-bond acceptors (Lipinski definition) is 4. The van der Waals surface area contributed by atoms with Gasteiger partial charge in [-0.3, -0.25) is 0 Å². The van der Waals surface area contributed by atoms with E-state index in [1.54, 1.807) is 6.08 Å². The topological polar surface area (TPSA) is 99.2 Å². The monoisotopic (exact) mass is 213 g/mol. The van der Waals surface area contributed by atoms with Gasteiger partial charge in [0.2, 0.25) is 0 Å². The van der Waals surface area contributed by atoms with E-state index in [4.69, 9.17) is 16.2 Å². The van der Waals surface area contributed by atoms with Crippen LogP contribution in [0.25, 0.3) is 0 Å². The lowest BCUT2D eigenvalue weighted by Gasteiger charge is -2.13. The molecule has 0 aliphatic heterocycles.